The largest absolute Gasteiger partial charge is 0.457 e. The van der Waals surface area contributed by atoms with Crippen molar-refractivity contribution in [2.45, 2.75) is 6.92 Å². The summed E-state index contributed by atoms with van der Waals surface area (Å²) in [5.74, 6) is 0.786. The number of fused-ring (bicyclic) bond motifs is 1. The van der Waals surface area contributed by atoms with Gasteiger partial charge in [-0.15, -0.1) is 0 Å². The molecule has 0 aliphatic rings. The average Bonchev–Trinajstić information content (AvgIpc) is 3.21. The molecule has 0 aliphatic heterocycles. The van der Waals surface area contributed by atoms with Crippen LogP contribution in [-0.2, 0) is 14.3 Å². The first kappa shape index (κ1) is 26.2. The highest BCUT2D eigenvalue weighted by Crippen LogP contribution is 2.32. The van der Waals surface area contributed by atoms with Gasteiger partial charge in [-0.3, -0.25) is 4.79 Å². The lowest BCUT2D eigenvalue weighted by atomic mass is 10.1. The molecule has 2 N–H and O–H groups in total. The number of carbonyl (C=O) groups is 1. The van der Waals surface area contributed by atoms with Gasteiger partial charge in [-0.25, -0.2) is 8.91 Å². The maximum absolute atomic E-state index is 13.0. The van der Waals surface area contributed by atoms with Crippen molar-refractivity contribution in [2.75, 3.05) is 38.1 Å². The van der Waals surface area contributed by atoms with Crippen LogP contribution in [0.4, 0.5) is 21.5 Å². The molecule has 0 radical (unpaired) electrons. The maximum atomic E-state index is 13.0. The van der Waals surface area contributed by atoms with Crippen LogP contribution in [-0.4, -0.2) is 43.5 Å². The smallest absolute Gasteiger partial charge is 0.211 e. The van der Waals surface area contributed by atoms with Crippen LogP contribution in [0, 0.1) is 24.1 Å². The van der Waals surface area contributed by atoms with E-state index in [0.29, 0.717) is 53.6 Å². The lowest BCUT2D eigenvalue weighted by molar-refractivity contribution is -0.105. The number of anilines is 3. The van der Waals surface area contributed by atoms with Crippen LogP contribution >= 0.6 is 0 Å². The van der Waals surface area contributed by atoms with Gasteiger partial charge in [0, 0.05) is 25.5 Å². The summed E-state index contributed by atoms with van der Waals surface area (Å²) in [5, 5.41) is 19.7. The molecule has 2 heterocycles. The Balaban J connectivity index is 0.000000538. The number of rotatable bonds is 9. The third-order valence-corrected chi connectivity index (χ3v) is 5.06. The molecule has 4 aromatic rings. The second-order valence-electron chi connectivity index (χ2n) is 7.46. The third kappa shape index (κ3) is 6.56. The van der Waals surface area contributed by atoms with Gasteiger partial charge in [-0.05, 0) is 55.5 Å². The number of amides is 1. The molecule has 9 nitrogen and oxygen atoms in total. The molecular formula is C26H26FN5O4. The number of nitriles is 1. The monoisotopic (exact) mass is 491 g/mol. The summed E-state index contributed by atoms with van der Waals surface area (Å²) in [6.45, 7) is 3.22. The Morgan fingerprint density at radius 3 is 2.22 bits per heavy atom. The number of nitrogens with zero attached hydrogens (tertiary/aromatic N) is 3. The number of aromatic nitrogens is 2. The quantitative estimate of drug-likeness (QED) is 0.249. The van der Waals surface area contributed by atoms with Crippen LogP contribution < -0.4 is 15.4 Å². The molecule has 4 rings (SSSR count). The summed E-state index contributed by atoms with van der Waals surface area (Å²) in [6.07, 6.45) is 3.75. The van der Waals surface area contributed by atoms with Gasteiger partial charge in [-0.2, -0.15) is 10.4 Å². The van der Waals surface area contributed by atoms with Crippen LogP contribution in [0.1, 0.15) is 11.1 Å². The van der Waals surface area contributed by atoms with Gasteiger partial charge < -0.3 is 24.8 Å². The molecule has 0 bridgehead atoms. The van der Waals surface area contributed by atoms with Crippen molar-refractivity contribution in [3.8, 4) is 17.6 Å². The zero-order chi connectivity index (χ0) is 25.9. The molecule has 0 saturated heterocycles. The Kier molecular flexibility index (Phi) is 9.33. The third-order valence-electron chi connectivity index (χ3n) is 5.06. The van der Waals surface area contributed by atoms with Crippen LogP contribution in [0.15, 0.2) is 60.9 Å². The Morgan fingerprint density at radius 1 is 1.06 bits per heavy atom. The lowest BCUT2D eigenvalue weighted by Gasteiger charge is -2.12. The van der Waals surface area contributed by atoms with Gasteiger partial charge in [-0.1, -0.05) is 0 Å². The molecule has 2 aromatic carbocycles. The molecule has 2 aromatic heterocycles. The van der Waals surface area contributed by atoms with Crippen molar-refractivity contribution in [3.05, 3.63) is 77.9 Å². The first-order chi connectivity index (χ1) is 17.5. The summed E-state index contributed by atoms with van der Waals surface area (Å²) in [5.41, 5.74) is 3.76. The molecule has 0 unspecified atom stereocenters. The summed E-state index contributed by atoms with van der Waals surface area (Å²) >= 11 is 0. The number of halogens is 1. The van der Waals surface area contributed by atoms with E-state index in [0.717, 1.165) is 11.3 Å². The normalized spacial score (nSPS) is 10.2. The second-order valence-corrected chi connectivity index (χ2v) is 7.46. The average molecular weight is 492 g/mol. The summed E-state index contributed by atoms with van der Waals surface area (Å²) < 4.78 is 29.6. The molecule has 1 amide bonds. The first-order valence-electron chi connectivity index (χ1n) is 10.9. The number of hydrogen-bond acceptors (Lipinski definition) is 7. The van der Waals surface area contributed by atoms with Crippen molar-refractivity contribution < 1.29 is 23.4 Å². The van der Waals surface area contributed by atoms with E-state index in [4.69, 9.17) is 4.74 Å². The molecule has 0 atom stereocenters. The highest BCUT2D eigenvalue weighted by Gasteiger charge is 2.15. The molecular weight excluding hydrogens is 465 g/mol. The predicted octanol–water partition coefficient (Wildman–Crippen LogP) is 5.04. The number of nitrogens with one attached hydrogen (secondary N) is 2. The molecule has 186 valence electrons. The standard InChI is InChI=1S/C22H16FN5O2.C4H10O2/c1-14-20(25-13-29)12-28-22(14)21(15(10-24)11-26-28)27-17-4-8-19(9-5-17)30-18-6-2-16(23)3-7-18;1-5-3-4-6-2/h2-9,11-13,27H,1H3,(H,25,29);3-4H2,1-2H3. The van der Waals surface area contributed by atoms with E-state index in [2.05, 4.69) is 31.3 Å². The van der Waals surface area contributed by atoms with Crippen molar-refractivity contribution >= 4 is 29.0 Å². The summed E-state index contributed by atoms with van der Waals surface area (Å²) in [4.78, 5) is 10.8. The number of methoxy groups -OCH3 is 2. The van der Waals surface area contributed by atoms with Crippen molar-refractivity contribution in [2.24, 2.45) is 0 Å². The molecule has 0 aliphatic carbocycles. The minimum Gasteiger partial charge on any atom is -0.457 e. The van der Waals surface area contributed by atoms with E-state index in [1.165, 1.54) is 18.3 Å². The second kappa shape index (κ2) is 12.9. The van der Waals surface area contributed by atoms with Gasteiger partial charge in [0.1, 0.15) is 23.4 Å². The number of benzene rings is 2. The Bertz CT molecular complexity index is 1330. The highest BCUT2D eigenvalue weighted by molar-refractivity contribution is 5.89. The topological polar surface area (TPSA) is 110 Å². The maximum Gasteiger partial charge on any atom is 0.211 e. The Hall–Kier alpha value is -4.46. The van der Waals surface area contributed by atoms with Gasteiger partial charge in [0.25, 0.3) is 0 Å². The van der Waals surface area contributed by atoms with Gasteiger partial charge in [0.2, 0.25) is 6.41 Å². The number of carbonyl (C=O) groups excluding carboxylic acids is 1. The number of ether oxygens (including phenoxy) is 3. The van der Waals surface area contributed by atoms with E-state index in [1.54, 1.807) is 61.3 Å². The van der Waals surface area contributed by atoms with E-state index in [9.17, 15) is 14.4 Å². The predicted molar refractivity (Wildman–Crippen MR) is 134 cm³/mol. The Morgan fingerprint density at radius 2 is 1.67 bits per heavy atom. The highest BCUT2D eigenvalue weighted by atomic mass is 19.1. The fourth-order valence-corrected chi connectivity index (χ4v) is 3.26. The van der Waals surface area contributed by atoms with Gasteiger partial charge in [0.15, 0.2) is 0 Å². The van der Waals surface area contributed by atoms with E-state index < -0.39 is 0 Å². The summed E-state index contributed by atoms with van der Waals surface area (Å²) in [6, 6.07) is 15.0. The fourth-order valence-electron chi connectivity index (χ4n) is 3.26. The lowest BCUT2D eigenvalue weighted by Crippen LogP contribution is -2.00. The van der Waals surface area contributed by atoms with Crippen LogP contribution in [0.3, 0.4) is 0 Å². The number of hydrogen-bond donors (Lipinski definition) is 2. The van der Waals surface area contributed by atoms with E-state index >= 15 is 0 Å². The van der Waals surface area contributed by atoms with Crippen LogP contribution in [0.25, 0.3) is 5.52 Å². The van der Waals surface area contributed by atoms with Gasteiger partial charge in [0.05, 0.1) is 48.1 Å². The zero-order valence-electron chi connectivity index (χ0n) is 20.1. The SMILES string of the molecule is COCCOC.Cc1c(NC=O)cn2ncc(C#N)c(Nc3ccc(Oc4ccc(F)cc4)cc3)c12. The molecule has 0 fully saturated rings. The van der Waals surface area contributed by atoms with Gasteiger partial charge >= 0.3 is 0 Å². The zero-order valence-corrected chi connectivity index (χ0v) is 20.1. The molecule has 10 heteroatoms. The van der Waals surface area contributed by atoms with Crippen molar-refractivity contribution in [1.82, 2.24) is 9.61 Å². The molecule has 36 heavy (non-hydrogen) atoms. The van der Waals surface area contributed by atoms with Crippen LogP contribution in [0.2, 0.25) is 0 Å². The molecule has 0 saturated carbocycles. The van der Waals surface area contributed by atoms with E-state index in [1.807, 2.05) is 6.92 Å². The number of aryl methyl sites for hydroxylation is 1. The fraction of sp³-hybridized carbons (Fsp3) is 0.192. The minimum atomic E-state index is -0.328. The Labute approximate surface area is 208 Å². The summed E-state index contributed by atoms with van der Waals surface area (Å²) in [7, 11) is 3.30. The minimum absolute atomic E-state index is 0.328. The van der Waals surface area contributed by atoms with E-state index in [-0.39, 0.29) is 5.82 Å². The van der Waals surface area contributed by atoms with Crippen molar-refractivity contribution in [1.29, 1.82) is 5.26 Å². The van der Waals surface area contributed by atoms with Crippen LogP contribution in [0.5, 0.6) is 11.5 Å². The van der Waals surface area contributed by atoms with Crippen molar-refractivity contribution in [3.63, 3.8) is 0 Å². The molecule has 0 spiro atoms. The first-order valence-corrected chi connectivity index (χ1v) is 10.9.